The first-order valence-electron chi connectivity index (χ1n) is 8.84. The summed E-state index contributed by atoms with van der Waals surface area (Å²) in [6, 6.07) is 13.4. The topological polar surface area (TPSA) is 64.3 Å². The van der Waals surface area contributed by atoms with E-state index in [9.17, 15) is 14.4 Å². The molecule has 0 saturated carbocycles. The second kappa shape index (κ2) is 7.04. The lowest BCUT2D eigenvalue weighted by Crippen LogP contribution is -2.42. The van der Waals surface area contributed by atoms with Crippen LogP contribution in [0.3, 0.4) is 0 Å². The van der Waals surface area contributed by atoms with Crippen LogP contribution < -0.4 is 11.2 Å². The van der Waals surface area contributed by atoms with Crippen LogP contribution in [0.25, 0.3) is 16.6 Å². The van der Waals surface area contributed by atoms with Gasteiger partial charge in [-0.1, -0.05) is 29.8 Å². The number of benzene rings is 2. The normalized spacial score (nSPS) is 14.0. The Morgan fingerprint density at radius 2 is 1.74 bits per heavy atom. The number of carbonyl (C=O) groups excluding carboxylic acids is 1. The Balaban J connectivity index is 1.93. The van der Waals surface area contributed by atoms with Crippen LogP contribution in [0.2, 0.25) is 5.02 Å². The number of likely N-dealkylation sites (tertiary alicyclic amines) is 1. The van der Waals surface area contributed by atoms with Crippen LogP contribution in [-0.2, 0) is 11.3 Å². The van der Waals surface area contributed by atoms with Crippen molar-refractivity contribution in [3.8, 4) is 5.69 Å². The largest absolute Gasteiger partial charge is 0.341 e. The van der Waals surface area contributed by atoms with Crippen molar-refractivity contribution >= 4 is 28.4 Å². The van der Waals surface area contributed by atoms with Gasteiger partial charge in [-0.3, -0.25) is 14.2 Å². The number of hydrogen-bond donors (Lipinski definition) is 0. The minimum Gasteiger partial charge on any atom is -0.341 e. The van der Waals surface area contributed by atoms with Crippen molar-refractivity contribution in [1.29, 1.82) is 0 Å². The lowest BCUT2D eigenvalue weighted by atomic mass is 10.2. The maximum absolute atomic E-state index is 13.2. The van der Waals surface area contributed by atoms with Gasteiger partial charge in [0.15, 0.2) is 0 Å². The summed E-state index contributed by atoms with van der Waals surface area (Å²) >= 11 is 6.04. The molecule has 0 bridgehead atoms. The molecule has 0 N–H and O–H groups in total. The molecule has 138 valence electrons. The Morgan fingerprint density at radius 3 is 2.48 bits per heavy atom. The molecule has 0 aliphatic carbocycles. The zero-order valence-electron chi connectivity index (χ0n) is 14.6. The van der Waals surface area contributed by atoms with Crippen LogP contribution in [0, 0.1) is 0 Å². The number of rotatable bonds is 3. The lowest BCUT2D eigenvalue weighted by molar-refractivity contribution is -0.130. The number of halogens is 1. The van der Waals surface area contributed by atoms with Crippen LogP contribution >= 0.6 is 11.6 Å². The molecule has 1 aromatic heterocycles. The van der Waals surface area contributed by atoms with E-state index < -0.39 is 11.2 Å². The molecule has 0 atom stereocenters. The third kappa shape index (κ3) is 3.17. The van der Waals surface area contributed by atoms with E-state index in [0.29, 0.717) is 34.7 Å². The highest BCUT2D eigenvalue weighted by molar-refractivity contribution is 6.30. The molecule has 4 rings (SSSR count). The van der Waals surface area contributed by atoms with Gasteiger partial charge in [0.1, 0.15) is 6.54 Å². The van der Waals surface area contributed by atoms with E-state index in [1.165, 1.54) is 4.57 Å². The predicted octanol–water partition coefficient (Wildman–Crippen LogP) is 2.43. The summed E-state index contributed by atoms with van der Waals surface area (Å²) in [4.78, 5) is 40.6. The molecule has 1 aliphatic rings. The minimum atomic E-state index is -0.548. The van der Waals surface area contributed by atoms with Gasteiger partial charge in [-0.15, -0.1) is 0 Å². The van der Waals surface area contributed by atoms with Crippen molar-refractivity contribution in [1.82, 2.24) is 14.0 Å². The van der Waals surface area contributed by atoms with Crippen LogP contribution in [0.1, 0.15) is 12.8 Å². The summed E-state index contributed by atoms with van der Waals surface area (Å²) < 4.78 is 2.45. The van der Waals surface area contributed by atoms with Crippen LogP contribution in [0.4, 0.5) is 0 Å². The fourth-order valence-corrected chi connectivity index (χ4v) is 3.70. The Hall–Kier alpha value is -2.86. The van der Waals surface area contributed by atoms with Crippen LogP contribution in [0.5, 0.6) is 0 Å². The number of fused-ring (bicyclic) bond motifs is 1. The first-order valence-corrected chi connectivity index (χ1v) is 9.22. The number of carbonyl (C=O) groups is 1. The van der Waals surface area contributed by atoms with Gasteiger partial charge in [-0.2, -0.15) is 0 Å². The Morgan fingerprint density at radius 1 is 1.00 bits per heavy atom. The first kappa shape index (κ1) is 17.5. The Kier molecular flexibility index (Phi) is 4.58. The van der Waals surface area contributed by atoms with Crippen molar-refractivity contribution in [2.24, 2.45) is 0 Å². The molecule has 2 heterocycles. The van der Waals surface area contributed by atoms with Gasteiger partial charge >= 0.3 is 5.69 Å². The Bertz CT molecular complexity index is 1140. The molecule has 0 spiro atoms. The van der Waals surface area contributed by atoms with E-state index in [1.807, 2.05) is 0 Å². The van der Waals surface area contributed by atoms with Crippen molar-refractivity contribution < 1.29 is 4.79 Å². The number of hydrogen-bond acceptors (Lipinski definition) is 3. The van der Waals surface area contributed by atoms with Crippen molar-refractivity contribution in [2.45, 2.75) is 19.4 Å². The molecule has 1 amide bonds. The molecule has 6 nitrogen and oxygen atoms in total. The van der Waals surface area contributed by atoms with Gasteiger partial charge < -0.3 is 4.90 Å². The second-order valence-electron chi connectivity index (χ2n) is 6.59. The van der Waals surface area contributed by atoms with Crippen molar-refractivity contribution in [3.05, 3.63) is 74.4 Å². The summed E-state index contributed by atoms with van der Waals surface area (Å²) in [6.45, 7) is 1.32. The molecule has 0 radical (unpaired) electrons. The fraction of sp³-hybridized carbons (Fsp3) is 0.250. The standard InChI is InChI=1S/C20H18ClN3O3/c21-14-6-5-7-15(12-14)24-19(26)16-8-1-2-9-17(16)23(20(24)27)13-18(25)22-10-3-4-11-22/h1-2,5-9,12H,3-4,10-11,13H2. The summed E-state index contributed by atoms with van der Waals surface area (Å²) in [6.07, 6.45) is 1.95. The van der Waals surface area contributed by atoms with Crippen LogP contribution in [0.15, 0.2) is 58.1 Å². The molecule has 3 aromatic rings. The van der Waals surface area contributed by atoms with Gasteiger partial charge in [0, 0.05) is 18.1 Å². The fourth-order valence-electron chi connectivity index (χ4n) is 3.52. The minimum absolute atomic E-state index is 0.0970. The van der Waals surface area contributed by atoms with Crippen LogP contribution in [-0.4, -0.2) is 33.0 Å². The van der Waals surface area contributed by atoms with E-state index in [2.05, 4.69) is 0 Å². The van der Waals surface area contributed by atoms with Crippen molar-refractivity contribution in [3.63, 3.8) is 0 Å². The number of aromatic nitrogens is 2. The number of para-hydroxylation sites is 1. The summed E-state index contributed by atoms with van der Waals surface area (Å²) in [7, 11) is 0. The summed E-state index contributed by atoms with van der Waals surface area (Å²) in [5.41, 5.74) is -0.139. The average molecular weight is 384 g/mol. The lowest BCUT2D eigenvalue weighted by Gasteiger charge is -2.18. The zero-order valence-corrected chi connectivity index (χ0v) is 15.4. The molecular weight excluding hydrogens is 366 g/mol. The van der Waals surface area contributed by atoms with Gasteiger partial charge in [0.05, 0.1) is 16.6 Å². The summed E-state index contributed by atoms with van der Waals surface area (Å²) in [5, 5.41) is 0.804. The van der Waals surface area contributed by atoms with Gasteiger partial charge in [0.2, 0.25) is 5.91 Å². The van der Waals surface area contributed by atoms with E-state index in [0.717, 1.165) is 17.4 Å². The van der Waals surface area contributed by atoms with E-state index in [1.54, 1.807) is 53.4 Å². The highest BCUT2D eigenvalue weighted by atomic mass is 35.5. The molecule has 1 aliphatic heterocycles. The maximum atomic E-state index is 13.2. The third-order valence-electron chi connectivity index (χ3n) is 4.87. The SMILES string of the molecule is O=C(Cn1c(=O)n(-c2cccc(Cl)c2)c(=O)c2ccccc21)N1CCCC1. The van der Waals surface area contributed by atoms with Gasteiger partial charge in [0.25, 0.3) is 5.56 Å². The quantitative estimate of drug-likeness (QED) is 0.697. The first-order chi connectivity index (χ1) is 13.1. The van der Waals surface area contributed by atoms with E-state index in [4.69, 9.17) is 11.6 Å². The highest BCUT2D eigenvalue weighted by Crippen LogP contribution is 2.15. The van der Waals surface area contributed by atoms with Gasteiger partial charge in [-0.05, 0) is 43.2 Å². The number of amides is 1. The van der Waals surface area contributed by atoms with Gasteiger partial charge in [-0.25, -0.2) is 9.36 Å². The summed E-state index contributed by atoms with van der Waals surface area (Å²) in [5.74, 6) is -0.115. The molecule has 0 unspecified atom stereocenters. The number of nitrogens with zero attached hydrogens (tertiary/aromatic N) is 3. The molecule has 1 saturated heterocycles. The maximum Gasteiger partial charge on any atom is 0.336 e. The highest BCUT2D eigenvalue weighted by Gasteiger charge is 2.21. The second-order valence-corrected chi connectivity index (χ2v) is 7.03. The molecule has 1 fully saturated rings. The zero-order chi connectivity index (χ0) is 19.0. The average Bonchev–Trinajstić information content (AvgIpc) is 3.20. The molecule has 7 heteroatoms. The molecular formula is C20H18ClN3O3. The van der Waals surface area contributed by atoms with Crippen molar-refractivity contribution in [2.75, 3.05) is 13.1 Å². The third-order valence-corrected chi connectivity index (χ3v) is 5.10. The Labute approximate surface area is 160 Å². The molecule has 27 heavy (non-hydrogen) atoms. The van der Waals surface area contributed by atoms with E-state index >= 15 is 0 Å². The molecule has 2 aromatic carbocycles. The predicted molar refractivity (Wildman–Crippen MR) is 105 cm³/mol. The smallest absolute Gasteiger partial charge is 0.336 e. The van der Waals surface area contributed by atoms with E-state index in [-0.39, 0.29) is 12.5 Å². The monoisotopic (exact) mass is 383 g/mol.